The highest BCUT2D eigenvalue weighted by molar-refractivity contribution is 5.39. The normalized spacial score (nSPS) is 29.2. The van der Waals surface area contributed by atoms with Gasteiger partial charge in [-0.25, -0.2) is 4.98 Å². The maximum absolute atomic E-state index is 10.8. The Morgan fingerprint density at radius 3 is 3.18 bits per heavy atom. The van der Waals surface area contributed by atoms with E-state index >= 15 is 0 Å². The van der Waals surface area contributed by atoms with E-state index in [-0.39, 0.29) is 5.92 Å². The summed E-state index contributed by atoms with van der Waals surface area (Å²) in [5.41, 5.74) is 6.16. The van der Waals surface area contributed by atoms with Gasteiger partial charge < -0.3 is 16.2 Å². The van der Waals surface area contributed by atoms with Crippen LogP contribution in [0.1, 0.15) is 25.3 Å². The molecule has 1 aromatic heterocycles. The zero-order valence-corrected chi connectivity index (χ0v) is 10.3. The summed E-state index contributed by atoms with van der Waals surface area (Å²) in [5.74, 6) is 0.824. The van der Waals surface area contributed by atoms with Crippen LogP contribution in [0.2, 0.25) is 0 Å². The highest BCUT2D eigenvalue weighted by Crippen LogP contribution is 2.31. The molecule has 94 valence electrons. The summed E-state index contributed by atoms with van der Waals surface area (Å²) in [5, 5.41) is 14.1. The maximum atomic E-state index is 10.8. The minimum absolute atomic E-state index is 0.288. The van der Waals surface area contributed by atoms with Gasteiger partial charge >= 0.3 is 0 Å². The summed E-state index contributed by atoms with van der Waals surface area (Å²) in [7, 11) is 0. The molecule has 2 heterocycles. The predicted molar refractivity (Wildman–Crippen MR) is 68.6 cm³/mol. The lowest BCUT2D eigenvalue weighted by atomic mass is 9.76. The fourth-order valence-electron chi connectivity index (χ4n) is 2.66. The number of nitrogen functional groups attached to an aromatic ring is 1. The Hall–Kier alpha value is -1.13. The first-order valence-electron chi connectivity index (χ1n) is 6.28. The molecule has 17 heavy (non-hydrogen) atoms. The van der Waals surface area contributed by atoms with Crippen LogP contribution in [0.4, 0.5) is 5.82 Å². The lowest BCUT2D eigenvalue weighted by Gasteiger charge is -2.40. The first-order valence-corrected chi connectivity index (χ1v) is 6.28. The number of nitrogens with zero attached hydrogens (tertiary/aromatic N) is 1. The fourth-order valence-corrected chi connectivity index (χ4v) is 2.66. The second-order valence-electron chi connectivity index (χ2n) is 4.89. The van der Waals surface area contributed by atoms with Crippen molar-refractivity contribution in [1.29, 1.82) is 0 Å². The van der Waals surface area contributed by atoms with Crippen LogP contribution < -0.4 is 11.1 Å². The smallest absolute Gasteiger partial charge is 0.126 e. The number of pyridine rings is 1. The van der Waals surface area contributed by atoms with Gasteiger partial charge in [-0.2, -0.15) is 0 Å². The summed E-state index contributed by atoms with van der Waals surface area (Å²) >= 11 is 0. The Balaban J connectivity index is 2.18. The number of aliphatic hydroxyl groups is 1. The predicted octanol–water partition coefficient (Wildman–Crippen LogP) is 0.957. The number of anilines is 1. The SMILES string of the molecule is CCC1CNCCC1(O)Cc1cccnc1N. The number of aromatic nitrogens is 1. The largest absolute Gasteiger partial charge is 0.389 e. The van der Waals surface area contributed by atoms with E-state index in [9.17, 15) is 5.11 Å². The molecule has 0 radical (unpaired) electrons. The van der Waals surface area contributed by atoms with Crippen molar-refractivity contribution in [3.63, 3.8) is 0 Å². The van der Waals surface area contributed by atoms with Crippen LogP contribution >= 0.6 is 0 Å². The minimum atomic E-state index is -0.642. The van der Waals surface area contributed by atoms with Gasteiger partial charge in [0, 0.05) is 25.1 Å². The van der Waals surface area contributed by atoms with Crippen LogP contribution in [0.5, 0.6) is 0 Å². The van der Waals surface area contributed by atoms with Crippen LogP contribution in [0.15, 0.2) is 18.3 Å². The Bertz CT molecular complexity index is 383. The molecule has 0 amide bonds. The Labute approximate surface area is 102 Å². The third-order valence-electron chi connectivity index (χ3n) is 3.80. The van der Waals surface area contributed by atoms with E-state index < -0.39 is 5.60 Å². The van der Waals surface area contributed by atoms with Gasteiger partial charge in [0.05, 0.1) is 5.60 Å². The summed E-state index contributed by atoms with van der Waals surface area (Å²) in [6.45, 7) is 3.87. The quantitative estimate of drug-likeness (QED) is 0.729. The van der Waals surface area contributed by atoms with Gasteiger partial charge in [0.15, 0.2) is 0 Å². The molecular weight excluding hydrogens is 214 g/mol. The zero-order valence-electron chi connectivity index (χ0n) is 10.3. The summed E-state index contributed by atoms with van der Waals surface area (Å²) in [4.78, 5) is 4.08. The van der Waals surface area contributed by atoms with Crippen molar-refractivity contribution in [3.8, 4) is 0 Å². The monoisotopic (exact) mass is 235 g/mol. The van der Waals surface area contributed by atoms with Crippen molar-refractivity contribution in [1.82, 2.24) is 10.3 Å². The van der Waals surface area contributed by atoms with Crippen LogP contribution in [0.3, 0.4) is 0 Å². The summed E-state index contributed by atoms with van der Waals surface area (Å²) in [6.07, 6.45) is 4.04. The molecule has 0 aromatic carbocycles. The molecule has 4 N–H and O–H groups in total. The van der Waals surface area contributed by atoms with Crippen LogP contribution in [-0.4, -0.2) is 28.8 Å². The average molecular weight is 235 g/mol. The molecular formula is C13H21N3O. The highest BCUT2D eigenvalue weighted by Gasteiger charge is 2.38. The van der Waals surface area contributed by atoms with Crippen LogP contribution in [-0.2, 0) is 6.42 Å². The molecule has 1 aliphatic rings. The van der Waals surface area contributed by atoms with E-state index in [1.165, 1.54) is 0 Å². The van der Waals surface area contributed by atoms with Crippen LogP contribution in [0, 0.1) is 5.92 Å². The first-order chi connectivity index (χ1) is 8.15. The average Bonchev–Trinajstić information content (AvgIpc) is 2.32. The van der Waals surface area contributed by atoms with E-state index in [1.54, 1.807) is 6.20 Å². The molecule has 4 heteroatoms. The molecule has 1 aliphatic heterocycles. The molecule has 1 saturated heterocycles. The van der Waals surface area contributed by atoms with Gasteiger partial charge in [0.1, 0.15) is 5.82 Å². The second kappa shape index (κ2) is 5.02. The Morgan fingerprint density at radius 2 is 2.47 bits per heavy atom. The molecule has 2 atom stereocenters. The number of nitrogens with two attached hydrogens (primary N) is 1. The van der Waals surface area contributed by atoms with Gasteiger partial charge in [-0.1, -0.05) is 13.0 Å². The molecule has 4 nitrogen and oxygen atoms in total. The molecule has 1 aromatic rings. The van der Waals surface area contributed by atoms with E-state index in [4.69, 9.17) is 5.73 Å². The number of hydrogen-bond acceptors (Lipinski definition) is 4. The molecule has 0 aliphatic carbocycles. The third kappa shape index (κ3) is 2.58. The van der Waals surface area contributed by atoms with Crippen molar-refractivity contribution in [3.05, 3.63) is 23.9 Å². The zero-order chi connectivity index (χ0) is 12.3. The van der Waals surface area contributed by atoms with Crippen molar-refractivity contribution < 1.29 is 5.11 Å². The molecule has 0 spiro atoms. The topological polar surface area (TPSA) is 71.2 Å². The van der Waals surface area contributed by atoms with Gasteiger partial charge in [-0.15, -0.1) is 0 Å². The molecule has 0 bridgehead atoms. The highest BCUT2D eigenvalue weighted by atomic mass is 16.3. The lowest BCUT2D eigenvalue weighted by Crippen LogP contribution is -2.51. The van der Waals surface area contributed by atoms with E-state index in [2.05, 4.69) is 17.2 Å². The molecule has 2 rings (SSSR count). The van der Waals surface area contributed by atoms with E-state index in [0.29, 0.717) is 12.2 Å². The van der Waals surface area contributed by atoms with Gasteiger partial charge in [-0.3, -0.25) is 0 Å². The minimum Gasteiger partial charge on any atom is -0.389 e. The summed E-state index contributed by atoms with van der Waals surface area (Å²) in [6, 6.07) is 3.83. The first kappa shape index (κ1) is 12.3. The van der Waals surface area contributed by atoms with Crippen molar-refractivity contribution in [2.45, 2.75) is 31.8 Å². The number of hydrogen-bond donors (Lipinski definition) is 3. The molecule has 2 unspecified atom stereocenters. The maximum Gasteiger partial charge on any atom is 0.126 e. The number of nitrogens with one attached hydrogen (secondary N) is 1. The van der Waals surface area contributed by atoms with Gasteiger partial charge in [-0.05, 0) is 31.0 Å². The van der Waals surface area contributed by atoms with E-state index in [0.717, 1.165) is 31.5 Å². The van der Waals surface area contributed by atoms with Crippen LogP contribution in [0.25, 0.3) is 0 Å². The molecule has 1 fully saturated rings. The second-order valence-corrected chi connectivity index (χ2v) is 4.89. The lowest BCUT2D eigenvalue weighted by molar-refractivity contribution is -0.0413. The standard InChI is InChI=1S/C13H21N3O/c1-2-11-9-15-7-5-13(11,17)8-10-4-3-6-16-12(10)14/h3-4,6,11,15,17H,2,5,7-9H2,1H3,(H2,14,16). The van der Waals surface area contributed by atoms with Crippen molar-refractivity contribution >= 4 is 5.82 Å². The number of piperidine rings is 1. The van der Waals surface area contributed by atoms with E-state index in [1.807, 2.05) is 12.1 Å². The van der Waals surface area contributed by atoms with Crippen molar-refractivity contribution in [2.24, 2.45) is 5.92 Å². The van der Waals surface area contributed by atoms with Gasteiger partial charge in [0.25, 0.3) is 0 Å². The van der Waals surface area contributed by atoms with Gasteiger partial charge in [0.2, 0.25) is 0 Å². The number of rotatable bonds is 3. The Kier molecular flexibility index (Phi) is 3.64. The molecule has 0 saturated carbocycles. The van der Waals surface area contributed by atoms with Crippen molar-refractivity contribution in [2.75, 3.05) is 18.8 Å². The summed E-state index contributed by atoms with van der Waals surface area (Å²) < 4.78 is 0. The Morgan fingerprint density at radius 1 is 1.65 bits per heavy atom. The fraction of sp³-hybridized carbons (Fsp3) is 0.615. The third-order valence-corrected chi connectivity index (χ3v) is 3.80.